The van der Waals surface area contributed by atoms with E-state index in [1.54, 1.807) is 0 Å². The van der Waals surface area contributed by atoms with Crippen LogP contribution in [0.5, 0.6) is 0 Å². The molecule has 2 heteroatoms. The molecule has 1 aliphatic carbocycles. The van der Waals surface area contributed by atoms with E-state index in [0.717, 1.165) is 31.0 Å². The largest absolute Gasteiger partial charge is 0.314 e. The first-order valence-electron chi connectivity index (χ1n) is 6.78. The molecule has 3 unspecified atom stereocenters. The Morgan fingerprint density at radius 3 is 2.94 bits per heavy atom. The Hall–Kier alpha value is -0.520. The van der Waals surface area contributed by atoms with Crippen molar-refractivity contribution in [2.75, 3.05) is 13.1 Å². The van der Waals surface area contributed by atoms with Crippen molar-refractivity contribution in [3.05, 3.63) is 0 Å². The Bertz CT molecular complexity index is 258. The average Bonchev–Trinajstić information content (AvgIpc) is 2.94. The highest BCUT2D eigenvalue weighted by Gasteiger charge is 2.34. The van der Waals surface area contributed by atoms with Gasteiger partial charge in [-0.15, -0.1) is 11.8 Å². The van der Waals surface area contributed by atoms with Gasteiger partial charge in [0.25, 0.3) is 0 Å². The van der Waals surface area contributed by atoms with Crippen molar-refractivity contribution in [2.45, 2.75) is 57.5 Å². The summed E-state index contributed by atoms with van der Waals surface area (Å²) in [6.45, 7) is 4.21. The van der Waals surface area contributed by atoms with Gasteiger partial charge in [0.1, 0.15) is 0 Å². The number of rotatable bonds is 4. The van der Waals surface area contributed by atoms with E-state index < -0.39 is 0 Å². The lowest BCUT2D eigenvalue weighted by atomic mass is 9.93. The molecule has 1 saturated carbocycles. The highest BCUT2D eigenvalue weighted by Crippen LogP contribution is 2.31. The minimum absolute atomic E-state index is 0.745. The van der Waals surface area contributed by atoms with E-state index in [2.05, 4.69) is 22.5 Å². The smallest absolute Gasteiger partial charge is 0.0214 e. The number of nitrogens with one attached hydrogen (secondary N) is 2. The van der Waals surface area contributed by atoms with Crippen LogP contribution in [0.1, 0.15) is 45.4 Å². The molecule has 90 valence electrons. The number of hydrogen-bond donors (Lipinski definition) is 2. The summed E-state index contributed by atoms with van der Waals surface area (Å²) in [5, 5.41) is 7.36. The summed E-state index contributed by atoms with van der Waals surface area (Å²) in [7, 11) is 0. The van der Waals surface area contributed by atoms with Gasteiger partial charge in [0, 0.05) is 25.0 Å². The summed E-state index contributed by atoms with van der Waals surface area (Å²) in [6, 6.07) is 1.53. The van der Waals surface area contributed by atoms with Crippen molar-refractivity contribution in [1.29, 1.82) is 0 Å². The monoisotopic (exact) mass is 220 g/mol. The van der Waals surface area contributed by atoms with Crippen LogP contribution in [0.25, 0.3) is 0 Å². The molecule has 0 radical (unpaired) electrons. The molecular weight excluding hydrogens is 196 g/mol. The van der Waals surface area contributed by atoms with Gasteiger partial charge in [-0.05, 0) is 45.1 Å². The van der Waals surface area contributed by atoms with E-state index in [1.807, 2.05) is 6.92 Å². The Kier molecular flexibility index (Phi) is 4.69. The van der Waals surface area contributed by atoms with Crippen LogP contribution >= 0.6 is 0 Å². The molecule has 0 amide bonds. The minimum Gasteiger partial charge on any atom is -0.314 e. The molecule has 1 aliphatic heterocycles. The first-order chi connectivity index (χ1) is 7.92. The zero-order chi connectivity index (χ0) is 11.2. The molecule has 2 aliphatic rings. The highest BCUT2D eigenvalue weighted by molar-refractivity contribution is 4.97. The van der Waals surface area contributed by atoms with E-state index in [0.29, 0.717) is 0 Å². The fraction of sp³-hybridized carbons (Fsp3) is 0.857. The third-order valence-corrected chi connectivity index (χ3v) is 4.02. The first-order valence-corrected chi connectivity index (χ1v) is 6.78. The molecule has 2 nitrogen and oxygen atoms in total. The topological polar surface area (TPSA) is 24.1 Å². The van der Waals surface area contributed by atoms with Gasteiger partial charge in [-0.25, -0.2) is 0 Å². The lowest BCUT2D eigenvalue weighted by Crippen LogP contribution is -2.42. The zero-order valence-electron chi connectivity index (χ0n) is 10.4. The second-order valence-electron chi connectivity index (χ2n) is 5.03. The van der Waals surface area contributed by atoms with E-state index >= 15 is 0 Å². The van der Waals surface area contributed by atoms with Crippen molar-refractivity contribution >= 4 is 0 Å². The molecule has 0 aromatic carbocycles. The average molecular weight is 220 g/mol. The van der Waals surface area contributed by atoms with Crippen molar-refractivity contribution in [1.82, 2.24) is 10.6 Å². The predicted octanol–water partition coefficient (Wildman–Crippen LogP) is 1.91. The second-order valence-corrected chi connectivity index (χ2v) is 5.03. The van der Waals surface area contributed by atoms with Gasteiger partial charge in [-0.3, -0.25) is 0 Å². The third-order valence-electron chi connectivity index (χ3n) is 4.02. The van der Waals surface area contributed by atoms with Crippen LogP contribution in [0.15, 0.2) is 0 Å². The summed E-state index contributed by atoms with van der Waals surface area (Å²) < 4.78 is 0. The maximum atomic E-state index is 3.70. The Morgan fingerprint density at radius 2 is 2.19 bits per heavy atom. The molecule has 16 heavy (non-hydrogen) atoms. The molecular formula is C14H24N2. The molecule has 0 spiro atoms. The van der Waals surface area contributed by atoms with E-state index in [1.165, 1.54) is 38.6 Å². The van der Waals surface area contributed by atoms with Crippen LogP contribution in [0, 0.1) is 17.8 Å². The van der Waals surface area contributed by atoms with Crippen LogP contribution in [-0.2, 0) is 0 Å². The van der Waals surface area contributed by atoms with Crippen molar-refractivity contribution in [3.63, 3.8) is 0 Å². The van der Waals surface area contributed by atoms with Gasteiger partial charge in [-0.1, -0.05) is 6.42 Å². The Balaban J connectivity index is 1.75. The Morgan fingerprint density at radius 1 is 1.25 bits per heavy atom. The maximum absolute atomic E-state index is 3.70. The maximum Gasteiger partial charge on any atom is 0.0214 e. The second kappa shape index (κ2) is 6.27. The van der Waals surface area contributed by atoms with Gasteiger partial charge in [0.2, 0.25) is 0 Å². The summed E-state index contributed by atoms with van der Waals surface area (Å²) in [5.41, 5.74) is 0. The van der Waals surface area contributed by atoms with E-state index in [9.17, 15) is 0 Å². The summed E-state index contributed by atoms with van der Waals surface area (Å²) in [4.78, 5) is 0. The van der Waals surface area contributed by atoms with E-state index in [-0.39, 0.29) is 0 Å². The fourth-order valence-electron chi connectivity index (χ4n) is 3.25. The summed E-state index contributed by atoms with van der Waals surface area (Å²) in [5.74, 6) is 6.96. The normalized spacial score (nSPS) is 33.7. The fourth-order valence-corrected chi connectivity index (χ4v) is 3.25. The van der Waals surface area contributed by atoms with Crippen molar-refractivity contribution < 1.29 is 0 Å². The molecule has 1 heterocycles. The summed E-state index contributed by atoms with van der Waals surface area (Å²) >= 11 is 0. The van der Waals surface area contributed by atoms with Gasteiger partial charge in [-0.2, -0.15) is 0 Å². The molecule has 3 atom stereocenters. The minimum atomic E-state index is 0.745. The quantitative estimate of drug-likeness (QED) is 0.558. The summed E-state index contributed by atoms with van der Waals surface area (Å²) in [6.07, 6.45) is 7.93. The van der Waals surface area contributed by atoms with Crippen LogP contribution < -0.4 is 10.6 Å². The van der Waals surface area contributed by atoms with Crippen LogP contribution in [-0.4, -0.2) is 25.2 Å². The lowest BCUT2D eigenvalue weighted by molar-refractivity contribution is 0.323. The zero-order valence-corrected chi connectivity index (χ0v) is 10.4. The van der Waals surface area contributed by atoms with Gasteiger partial charge >= 0.3 is 0 Å². The van der Waals surface area contributed by atoms with Crippen molar-refractivity contribution in [3.8, 4) is 11.8 Å². The molecule has 2 N–H and O–H groups in total. The molecule has 0 bridgehead atoms. The van der Waals surface area contributed by atoms with E-state index in [4.69, 9.17) is 0 Å². The third kappa shape index (κ3) is 2.99. The molecule has 2 rings (SSSR count). The van der Waals surface area contributed by atoms with Gasteiger partial charge in [0.05, 0.1) is 0 Å². The van der Waals surface area contributed by atoms with Crippen molar-refractivity contribution in [2.24, 2.45) is 5.92 Å². The van der Waals surface area contributed by atoms with Crippen LogP contribution in [0.2, 0.25) is 0 Å². The SMILES string of the molecule is CC#CCCNC1CCCC1C1CCCN1. The van der Waals surface area contributed by atoms with Gasteiger partial charge in [0.15, 0.2) is 0 Å². The lowest BCUT2D eigenvalue weighted by Gasteiger charge is -2.26. The molecule has 0 aromatic heterocycles. The number of hydrogen-bond acceptors (Lipinski definition) is 2. The highest BCUT2D eigenvalue weighted by atomic mass is 15.0. The Labute approximate surface area is 99.6 Å². The molecule has 0 aromatic rings. The van der Waals surface area contributed by atoms with Crippen LogP contribution in [0.3, 0.4) is 0 Å². The van der Waals surface area contributed by atoms with Crippen LogP contribution in [0.4, 0.5) is 0 Å². The molecule has 1 saturated heterocycles. The first kappa shape index (κ1) is 12.0. The molecule has 2 fully saturated rings. The van der Waals surface area contributed by atoms with Gasteiger partial charge < -0.3 is 10.6 Å². The standard InChI is InChI=1S/C14H24N2/c1-2-3-4-10-15-13-8-5-7-12(13)14-9-6-11-16-14/h12-16H,4-11H2,1H3. The predicted molar refractivity (Wildman–Crippen MR) is 68.2 cm³/mol.